The minimum atomic E-state index is -2.11. The van der Waals surface area contributed by atoms with E-state index in [1.54, 1.807) is 12.1 Å². The van der Waals surface area contributed by atoms with Gasteiger partial charge in [0.25, 0.3) is 0 Å². The van der Waals surface area contributed by atoms with Crippen LogP contribution in [0.5, 0.6) is 5.75 Å². The van der Waals surface area contributed by atoms with E-state index in [4.69, 9.17) is 9.47 Å². The fourth-order valence-electron chi connectivity index (χ4n) is 5.39. The maximum Gasteiger partial charge on any atom is 0.311 e. The molecule has 5 heteroatoms. The Morgan fingerprint density at radius 2 is 2.00 bits per heavy atom. The van der Waals surface area contributed by atoms with Crippen molar-refractivity contribution in [2.45, 2.75) is 65.8 Å². The molecule has 3 aliphatic rings. The SMILES string of the molecule is CC1=C(C(=O)CC(C)C)OC(C2(O)Oc3cccc(C)c3C2=O)C2C(C)CCC12. The first-order valence-electron chi connectivity index (χ1n) is 10.6. The maximum absolute atomic E-state index is 13.3. The van der Waals surface area contributed by atoms with Crippen molar-refractivity contribution in [1.29, 1.82) is 0 Å². The highest BCUT2D eigenvalue weighted by molar-refractivity contribution is 6.08. The van der Waals surface area contributed by atoms with Crippen molar-refractivity contribution < 1.29 is 24.2 Å². The summed E-state index contributed by atoms with van der Waals surface area (Å²) >= 11 is 0. The summed E-state index contributed by atoms with van der Waals surface area (Å²) < 4.78 is 12.1. The van der Waals surface area contributed by atoms with Crippen LogP contribution in [0.3, 0.4) is 0 Å². The van der Waals surface area contributed by atoms with E-state index in [1.807, 2.05) is 33.8 Å². The highest BCUT2D eigenvalue weighted by Gasteiger charge is 2.62. The average molecular weight is 398 g/mol. The molecule has 29 heavy (non-hydrogen) atoms. The molecular weight excluding hydrogens is 368 g/mol. The molecule has 1 N–H and O–H groups in total. The molecule has 4 rings (SSSR count). The number of hydrogen-bond donors (Lipinski definition) is 1. The van der Waals surface area contributed by atoms with Gasteiger partial charge in [-0.1, -0.05) is 32.9 Å². The van der Waals surface area contributed by atoms with Gasteiger partial charge < -0.3 is 14.6 Å². The highest BCUT2D eigenvalue weighted by Crippen LogP contribution is 2.52. The van der Waals surface area contributed by atoms with Crippen LogP contribution >= 0.6 is 0 Å². The second-order valence-electron chi connectivity index (χ2n) is 9.39. The lowest BCUT2D eigenvalue weighted by Crippen LogP contribution is -2.58. The largest absolute Gasteiger partial charge is 0.479 e. The van der Waals surface area contributed by atoms with Gasteiger partial charge in [0, 0.05) is 12.3 Å². The number of Topliss-reactive ketones (excluding diaryl/α,β-unsaturated/α-hetero) is 2. The zero-order valence-corrected chi connectivity index (χ0v) is 17.8. The molecule has 5 unspecified atom stereocenters. The van der Waals surface area contributed by atoms with Crippen LogP contribution in [0.4, 0.5) is 0 Å². The van der Waals surface area contributed by atoms with E-state index in [2.05, 4.69) is 6.92 Å². The van der Waals surface area contributed by atoms with Crippen molar-refractivity contribution in [3.63, 3.8) is 0 Å². The zero-order valence-electron chi connectivity index (χ0n) is 17.8. The Bertz CT molecular complexity index is 899. The molecule has 2 heterocycles. The molecular formula is C24H30O5. The van der Waals surface area contributed by atoms with E-state index in [0.717, 1.165) is 24.0 Å². The number of benzene rings is 1. The van der Waals surface area contributed by atoms with Gasteiger partial charge in [-0.05, 0) is 61.6 Å². The summed E-state index contributed by atoms with van der Waals surface area (Å²) in [4.78, 5) is 26.2. The number of rotatable bonds is 4. The molecule has 0 aromatic heterocycles. The fourth-order valence-corrected chi connectivity index (χ4v) is 5.39. The summed E-state index contributed by atoms with van der Waals surface area (Å²) in [6.07, 6.45) is 1.36. The second kappa shape index (κ2) is 6.98. The first kappa shape index (κ1) is 20.1. The number of aliphatic hydroxyl groups is 1. The number of fused-ring (bicyclic) bond motifs is 2. The Morgan fingerprint density at radius 3 is 2.66 bits per heavy atom. The van der Waals surface area contributed by atoms with Gasteiger partial charge >= 0.3 is 5.79 Å². The van der Waals surface area contributed by atoms with Crippen LogP contribution in [0.15, 0.2) is 29.5 Å². The summed E-state index contributed by atoms with van der Waals surface area (Å²) in [5.74, 6) is -1.46. The van der Waals surface area contributed by atoms with Gasteiger partial charge in [0.1, 0.15) is 5.75 Å². The van der Waals surface area contributed by atoms with Crippen LogP contribution < -0.4 is 4.74 Å². The van der Waals surface area contributed by atoms with Crippen LogP contribution in [0, 0.1) is 30.6 Å². The Balaban J connectivity index is 1.76. The van der Waals surface area contributed by atoms with Gasteiger partial charge in [0.2, 0.25) is 5.78 Å². The second-order valence-corrected chi connectivity index (χ2v) is 9.39. The lowest BCUT2D eigenvalue weighted by Gasteiger charge is -2.43. The lowest BCUT2D eigenvalue weighted by molar-refractivity contribution is -0.198. The summed E-state index contributed by atoms with van der Waals surface area (Å²) in [6, 6.07) is 5.33. The van der Waals surface area contributed by atoms with Crippen LogP contribution in [0.2, 0.25) is 0 Å². The van der Waals surface area contributed by atoms with Crippen LogP contribution in [-0.2, 0) is 9.53 Å². The summed E-state index contributed by atoms with van der Waals surface area (Å²) in [7, 11) is 0. The van der Waals surface area contributed by atoms with E-state index >= 15 is 0 Å². The normalized spacial score (nSPS) is 33.4. The van der Waals surface area contributed by atoms with Crippen LogP contribution in [-0.4, -0.2) is 28.6 Å². The number of carbonyl (C=O) groups is 2. The van der Waals surface area contributed by atoms with Crippen molar-refractivity contribution in [1.82, 2.24) is 0 Å². The topological polar surface area (TPSA) is 72.8 Å². The number of aryl methyl sites for hydroxylation is 1. The molecule has 0 radical (unpaired) electrons. The van der Waals surface area contributed by atoms with Gasteiger partial charge in [-0.2, -0.15) is 0 Å². The van der Waals surface area contributed by atoms with Crippen molar-refractivity contribution in [2.75, 3.05) is 0 Å². The first-order valence-corrected chi connectivity index (χ1v) is 10.6. The smallest absolute Gasteiger partial charge is 0.311 e. The number of carbonyl (C=O) groups excluding carboxylic acids is 2. The third kappa shape index (κ3) is 3.02. The van der Waals surface area contributed by atoms with Gasteiger partial charge in [0.05, 0.1) is 5.56 Å². The molecule has 1 saturated carbocycles. The Morgan fingerprint density at radius 1 is 1.28 bits per heavy atom. The number of ether oxygens (including phenoxy) is 2. The third-order valence-electron chi connectivity index (χ3n) is 6.85. The molecule has 0 saturated heterocycles. The highest BCUT2D eigenvalue weighted by atomic mass is 16.7. The predicted octanol–water partition coefficient (Wildman–Crippen LogP) is 4.21. The molecule has 1 aliphatic carbocycles. The van der Waals surface area contributed by atoms with Gasteiger partial charge in [-0.3, -0.25) is 9.59 Å². The molecule has 0 amide bonds. The monoisotopic (exact) mass is 398 g/mol. The average Bonchev–Trinajstić information content (AvgIpc) is 3.15. The number of hydrogen-bond acceptors (Lipinski definition) is 5. The Hall–Kier alpha value is -2.14. The van der Waals surface area contributed by atoms with Crippen molar-refractivity contribution >= 4 is 11.6 Å². The minimum Gasteiger partial charge on any atom is -0.479 e. The standard InChI is InChI=1S/C24H30O5/c1-12(2)11-17(25)21-15(5)16-10-9-14(4)19(16)23(28-21)24(27)22(26)20-13(3)7-6-8-18(20)29-24/h6-8,12,14,16,19,23,27H,9-11H2,1-5H3. The van der Waals surface area contributed by atoms with E-state index < -0.39 is 17.7 Å². The van der Waals surface area contributed by atoms with E-state index in [1.165, 1.54) is 0 Å². The molecule has 5 atom stereocenters. The molecule has 0 bridgehead atoms. The van der Waals surface area contributed by atoms with E-state index in [-0.39, 0.29) is 29.5 Å². The fraction of sp³-hybridized carbons (Fsp3) is 0.583. The number of ketones is 2. The molecule has 2 aliphatic heterocycles. The molecule has 1 fully saturated rings. The van der Waals surface area contributed by atoms with Crippen LogP contribution in [0.25, 0.3) is 0 Å². The predicted molar refractivity (Wildman–Crippen MR) is 109 cm³/mol. The van der Waals surface area contributed by atoms with Crippen molar-refractivity contribution in [3.05, 3.63) is 40.7 Å². The Kier molecular flexibility index (Phi) is 4.85. The molecule has 5 nitrogen and oxygen atoms in total. The molecule has 156 valence electrons. The van der Waals surface area contributed by atoms with Gasteiger partial charge in [-0.25, -0.2) is 0 Å². The van der Waals surface area contributed by atoms with E-state index in [0.29, 0.717) is 23.5 Å². The van der Waals surface area contributed by atoms with Gasteiger partial charge in [0.15, 0.2) is 17.6 Å². The summed E-state index contributed by atoms with van der Waals surface area (Å²) in [6.45, 7) is 9.89. The van der Waals surface area contributed by atoms with Crippen LogP contribution in [0.1, 0.15) is 62.9 Å². The third-order valence-corrected chi connectivity index (χ3v) is 6.85. The lowest BCUT2D eigenvalue weighted by atomic mass is 9.75. The van der Waals surface area contributed by atoms with Crippen molar-refractivity contribution in [2.24, 2.45) is 23.7 Å². The summed E-state index contributed by atoms with van der Waals surface area (Å²) in [5, 5.41) is 11.5. The van der Waals surface area contributed by atoms with E-state index in [9.17, 15) is 14.7 Å². The molecule has 1 aromatic carbocycles. The quantitative estimate of drug-likeness (QED) is 0.823. The molecule has 0 spiro atoms. The van der Waals surface area contributed by atoms with Crippen molar-refractivity contribution in [3.8, 4) is 5.75 Å². The zero-order chi connectivity index (χ0) is 21.1. The first-order chi connectivity index (χ1) is 13.6. The Labute approximate surface area is 172 Å². The molecule has 1 aromatic rings. The minimum absolute atomic E-state index is 0.0664. The number of allylic oxidation sites excluding steroid dienone is 2. The maximum atomic E-state index is 13.3. The summed E-state index contributed by atoms with van der Waals surface area (Å²) in [5.41, 5.74) is 2.12. The van der Waals surface area contributed by atoms with Gasteiger partial charge in [-0.15, -0.1) is 0 Å².